The topological polar surface area (TPSA) is 12.0 Å². The molecule has 0 heterocycles. The summed E-state index contributed by atoms with van der Waals surface area (Å²) >= 11 is 12.1. The van der Waals surface area contributed by atoms with Gasteiger partial charge >= 0.3 is 0 Å². The summed E-state index contributed by atoms with van der Waals surface area (Å²) in [6, 6.07) is 12.6. The number of anilines is 1. The summed E-state index contributed by atoms with van der Waals surface area (Å²) < 4.78 is 13.2. The van der Waals surface area contributed by atoms with Gasteiger partial charge in [-0.2, -0.15) is 0 Å². The Hall–Kier alpha value is -1.25. The molecular weight excluding hydrogens is 284 g/mol. The minimum atomic E-state index is -0.437. The van der Waals surface area contributed by atoms with Gasteiger partial charge in [-0.15, -0.1) is 0 Å². The van der Waals surface area contributed by atoms with Crippen molar-refractivity contribution in [3.63, 3.8) is 0 Å². The Labute approximate surface area is 122 Å². The summed E-state index contributed by atoms with van der Waals surface area (Å²) in [5.74, 6) is -0.437. The number of halogens is 3. The van der Waals surface area contributed by atoms with E-state index in [1.165, 1.54) is 12.1 Å². The van der Waals surface area contributed by atoms with Crippen molar-refractivity contribution in [2.24, 2.45) is 0 Å². The normalized spacial score (nSPS) is 12.2. The first-order chi connectivity index (χ1) is 9.11. The molecule has 2 rings (SSSR count). The first-order valence-corrected chi connectivity index (χ1v) is 6.83. The Kier molecular flexibility index (Phi) is 4.67. The van der Waals surface area contributed by atoms with Crippen molar-refractivity contribution in [1.29, 1.82) is 0 Å². The first kappa shape index (κ1) is 14.2. The molecule has 19 heavy (non-hydrogen) atoms. The van der Waals surface area contributed by atoms with Gasteiger partial charge in [0.25, 0.3) is 0 Å². The fourth-order valence-corrected chi connectivity index (χ4v) is 2.53. The first-order valence-electron chi connectivity index (χ1n) is 6.08. The van der Waals surface area contributed by atoms with Crippen molar-refractivity contribution < 1.29 is 4.39 Å². The molecule has 100 valence electrons. The monoisotopic (exact) mass is 297 g/mol. The molecule has 0 saturated heterocycles. The van der Waals surface area contributed by atoms with E-state index in [2.05, 4.69) is 12.2 Å². The third kappa shape index (κ3) is 3.40. The highest BCUT2D eigenvalue weighted by molar-refractivity contribution is 6.39. The highest BCUT2D eigenvalue weighted by atomic mass is 35.5. The Morgan fingerprint density at radius 2 is 1.68 bits per heavy atom. The molecule has 0 saturated carbocycles. The number of rotatable bonds is 4. The molecule has 0 aliphatic heterocycles. The molecule has 1 atom stereocenters. The Balaban J connectivity index is 2.29. The van der Waals surface area contributed by atoms with Crippen LogP contribution >= 0.6 is 23.2 Å². The van der Waals surface area contributed by atoms with Crippen LogP contribution in [-0.2, 0) is 0 Å². The van der Waals surface area contributed by atoms with Crippen LogP contribution in [0.2, 0.25) is 10.0 Å². The van der Waals surface area contributed by atoms with E-state index in [1.54, 1.807) is 0 Å². The van der Waals surface area contributed by atoms with Gasteiger partial charge in [0.05, 0.1) is 21.8 Å². The lowest BCUT2D eigenvalue weighted by molar-refractivity contribution is 0.628. The van der Waals surface area contributed by atoms with E-state index in [-0.39, 0.29) is 6.04 Å². The predicted octanol–water partition coefficient (Wildman–Crippen LogP) is 5.70. The molecule has 0 fully saturated rings. The zero-order chi connectivity index (χ0) is 13.8. The van der Waals surface area contributed by atoms with Crippen LogP contribution in [0.4, 0.5) is 10.1 Å². The van der Waals surface area contributed by atoms with E-state index >= 15 is 0 Å². The lowest BCUT2D eigenvalue weighted by Crippen LogP contribution is -2.10. The van der Waals surface area contributed by atoms with Crippen LogP contribution in [0.25, 0.3) is 0 Å². The minimum Gasteiger partial charge on any atom is -0.376 e. The van der Waals surface area contributed by atoms with Crippen molar-refractivity contribution in [3.8, 4) is 0 Å². The van der Waals surface area contributed by atoms with Gasteiger partial charge in [-0.3, -0.25) is 0 Å². The van der Waals surface area contributed by atoms with Crippen LogP contribution in [0.3, 0.4) is 0 Å². The van der Waals surface area contributed by atoms with Crippen LogP contribution in [-0.4, -0.2) is 0 Å². The van der Waals surface area contributed by atoms with Crippen molar-refractivity contribution in [1.82, 2.24) is 0 Å². The average molecular weight is 298 g/mol. The second-order valence-corrected chi connectivity index (χ2v) is 5.07. The maximum Gasteiger partial charge on any atom is 0.126 e. The molecule has 0 spiro atoms. The minimum absolute atomic E-state index is 0.0849. The van der Waals surface area contributed by atoms with Crippen molar-refractivity contribution in [2.75, 3.05) is 5.32 Å². The van der Waals surface area contributed by atoms with Crippen LogP contribution in [0.5, 0.6) is 0 Å². The Morgan fingerprint density at radius 3 is 2.21 bits per heavy atom. The molecule has 0 bridgehead atoms. The highest BCUT2D eigenvalue weighted by Crippen LogP contribution is 2.34. The predicted molar refractivity (Wildman–Crippen MR) is 79.5 cm³/mol. The van der Waals surface area contributed by atoms with Gasteiger partial charge in [0.2, 0.25) is 0 Å². The molecule has 0 aromatic heterocycles. The molecule has 1 nitrogen and oxygen atoms in total. The molecule has 4 heteroatoms. The maximum atomic E-state index is 13.2. The number of hydrogen-bond acceptors (Lipinski definition) is 1. The molecule has 0 aliphatic carbocycles. The SMILES string of the molecule is CCC(Nc1c(Cl)cc(F)cc1Cl)c1ccccc1. The summed E-state index contributed by atoms with van der Waals surface area (Å²) in [7, 11) is 0. The Morgan fingerprint density at radius 1 is 1.11 bits per heavy atom. The maximum absolute atomic E-state index is 13.2. The van der Waals surface area contributed by atoms with Crippen molar-refractivity contribution in [3.05, 3.63) is 63.9 Å². The van der Waals surface area contributed by atoms with Gasteiger partial charge in [-0.1, -0.05) is 60.5 Å². The van der Waals surface area contributed by atoms with E-state index < -0.39 is 5.82 Å². The summed E-state index contributed by atoms with van der Waals surface area (Å²) in [6.07, 6.45) is 0.869. The zero-order valence-electron chi connectivity index (χ0n) is 10.5. The van der Waals surface area contributed by atoms with Crippen LogP contribution in [0.15, 0.2) is 42.5 Å². The average Bonchev–Trinajstić information content (AvgIpc) is 2.39. The third-order valence-corrected chi connectivity index (χ3v) is 3.53. The summed E-state index contributed by atoms with van der Waals surface area (Å²) in [4.78, 5) is 0. The fourth-order valence-electron chi connectivity index (χ4n) is 1.96. The molecule has 1 N–H and O–H groups in total. The quantitative estimate of drug-likeness (QED) is 0.764. The van der Waals surface area contributed by atoms with Crippen molar-refractivity contribution in [2.45, 2.75) is 19.4 Å². The standard InChI is InChI=1S/C15H14Cl2FN/c1-2-14(10-6-4-3-5-7-10)19-15-12(16)8-11(18)9-13(15)17/h3-9,14,19H,2H2,1H3. The molecule has 2 aromatic carbocycles. The second kappa shape index (κ2) is 6.27. The van der Waals surface area contributed by atoms with Crippen molar-refractivity contribution >= 4 is 28.9 Å². The highest BCUT2D eigenvalue weighted by Gasteiger charge is 2.14. The molecule has 0 aliphatic rings. The lowest BCUT2D eigenvalue weighted by atomic mass is 10.0. The van der Waals surface area contributed by atoms with E-state index in [4.69, 9.17) is 23.2 Å². The summed E-state index contributed by atoms with van der Waals surface area (Å²) in [5.41, 5.74) is 1.71. The molecule has 2 aromatic rings. The second-order valence-electron chi connectivity index (χ2n) is 4.26. The van der Waals surface area contributed by atoms with Crippen LogP contribution in [0.1, 0.15) is 24.9 Å². The van der Waals surface area contributed by atoms with Gasteiger partial charge in [-0.25, -0.2) is 4.39 Å². The van der Waals surface area contributed by atoms with Gasteiger partial charge in [0.1, 0.15) is 5.82 Å². The third-order valence-electron chi connectivity index (χ3n) is 2.94. The van der Waals surface area contributed by atoms with E-state index in [9.17, 15) is 4.39 Å². The number of benzene rings is 2. The van der Waals surface area contributed by atoms with Crippen LogP contribution in [0, 0.1) is 5.82 Å². The number of nitrogens with one attached hydrogen (secondary N) is 1. The molecule has 0 amide bonds. The lowest BCUT2D eigenvalue weighted by Gasteiger charge is -2.20. The largest absolute Gasteiger partial charge is 0.376 e. The van der Waals surface area contributed by atoms with E-state index in [1.807, 2.05) is 30.3 Å². The number of hydrogen-bond donors (Lipinski definition) is 1. The zero-order valence-corrected chi connectivity index (χ0v) is 12.0. The van der Waals surface area contributed by atoms with E-state index in [0.717, 1.165) is 12.0 Å². The van der Waals surface area contributed by atoms with Gasteiger partial charge in [0.15, 0.2) is 0 Å². The summed E-state index contributed by atoms with van der Waals surface area (Å²) in [5, 5.41) is 3.86. The van der Waals surface area contributed by atoms with Gasteiger partial charge in [0, 0.05) is 0 Å². The van der Waals surface area contributed by atoms with Gasteiger partial charge < -0.3 is 5.32 Å². The van der Waals surface area contributed by atoms with Crippen LogP contribution < -0.4 is 5.32 Å². The fraction of sp³-hybridized carbons (Fsp3) is 0.200. The van der Waals surface area contributed by atoms with E-state index in [0.29, 0.717) is 15.7 Å². The Bertz CT molecular complexity index is 534. The molecular formula is C15H14Cl2FN. The summed E-state index contributed by atoms with van der Waals surface area (Å²) in [6.45, 7) is 2.07. The molecule has 0 radical (unpaired) electrons. The molecule has 1 unspecified atom stereocenters. The smallest absolute Gasteiger partial charge is 0.126 e. The van der Waals surface area contributed by atoms with Gasteiger partial charge in [-0.05, 0) is 24.1 Å².